The molecule has 0 spiro atoms. The first-order valence-electron chi connectivity index (χ1n) is 10.5. The molecule has 184 valence electrons. The summed E-state index contributed by atoms with van der Waals surface area (Å²) in [5.41, 5.74) is 5.78. The second kappa shape index (κ2) is 13.6. The average molecular weight is 461 g/mol. The minimum atomic E-state index is -1.63. The predicted octanol–water partition coefficient (Wildman–Crippen LogP) is -1.20. The smallest absolute Gasteiger partial charge is 0.326 e. The molecule has 0 bridgehead atoms. The lowest BCUT2D eigenvalue weighted by atomic mass is 9.98. The number of carboxylic acid groups (broad SMARTS) is 2. The van der Waals surface area contributed by atoms with Gasteiger partial charge in [-0.1, -0.05) is 34.1 Å². The first-order chi connectivity index (χ1) is 14.7. The number of aliphatic carboxylic acids is 2. The van der Waals surface area contributed by atoms with Crippen molar-refractivity contribution < 1.29 is 39.3 Å². The van der Waals surface area contributed by atoms with Crippen LogP contribution in [0.3, 0.4) is 0 Å². The van der Waals surface area contributed by atoms with Crippen LogP contribution in [0.2, 0.25) is 0 Å². The van der Waals surface area contributed by atoms with Crippen LogP contribution < -0.4 is 21.7 Å². The summed E-state index contributed by atoms with van der Waals surface area (Å²) in [5.74, 6) is -5.79. The Bertz CT molecular complexity index is 683. The summed E-state index contributed by atoms with van der Waals surface area (Å²) in [6.45, 7) is 8.26. The van der Waals surface area contributed by atoms with Crippen molar-refractivity contribution in [3.63, 3.8) is 0 Å². The van der Waals surface area contributed by atoms with E-state index in [-0.39, 0.29) is 5.92 Å². The largest absolute Gasteiger partial charge is 0.481 e. The van der Waals surface area contributed by atoms with E-state index in [1.165, 1.54) is 6.92 Å². The number of aliphatic hydroxyl groups is 1. The van der Waals surface area contributed by atoms with Crippen LogP contribution in [0.5, 0.6) is 0 Å². The van der Waals surface area contributed by atoms with Crippen molar-refractivity contribution in [3.8, 4) is 0 Å². The molecule has 0 aliphatic rings. The zero-order chi connectivity index (χ0) is 25.2. The van der Waals surface area contributed by atoms with E-state index in [0.29, 0.717) is 12.8 Å². The Balaban J connectivity index is 5.49. The molecule has 32 heavy (non-hydrogen) atoms. The van der Waals surface area contributed by atoms with Gasteiger partial charge >= 0.3 is 11.9 Å². The Morgan fingerprint density at radius 1 is 0.844 bits per heavy atom. The normalized spacial score (nSPS) is 16.8. The number of carbonyl (C=O) groups is 5. The van der Waals surface area contributed by atoms with Gasteiger partial charge < -0.3 is 37.0 Å². The predicted molar refractivity (Wildman–Crippen MR) is 114 cm³/mol. The molecule has 8 N–H and O–H groups in total. The fourth-order valence-corrected chi connectivity index (χ4v) is 2.86. The average Bonchev–Trinajstić information content (AvgIpc) is 2.66. The number of hydrogen-bond donors (Lipinski definition) is 7. The number of aliphatic hydroxyl groups excluding tert-OH is 1. The summed E-state index contributed by atoms with van der Waals surface area (Å²) in [5, 5.41) is 35.1. The molecule has 0 rings (SSSR count). The molecule has 0 fully saturated rings. The number of carboxylic acids is 2. The van der Waals surface area contributed by atoms with Gasteiger partial charge in [-0.2, -0.15) is 0 Å². The van der Waals surface area contributed by atoms with Crippen LogP contribution in [0.4, 0.5) is 0 Å². The molecule has 3 amide bonds. The highest BCUT2D eigenvalue weighted by Crippen LogP contribution is 2.09. The quantitative estimate of drug-likeness (QED) is 0.166. The van der Waals surface area contributed by atoms with Crippen LogP contribution in [0.25, 0.3) is 0 Å². The maximum Gasteiger partial charge on any atom is 0.326 e. The minimum Gasteiger partial charge on any atom is -0.481 e. The Kier molecular flexibility index (Phi) is 12.5. The van der Waals surface area contributed by atoms with Gasteiger partial charge in [-0.15, -0.1) is 0 Å². The summed E-state index contributed by atoms with van der Waals surface area (Å²) in [6, 6.07) is -5.36. The molecule has 0 radical (unpaired) electrons. The van der Waals surface area contributed by atoms with E-state index in [1.54, 1.807) is 13.8 Å². The van der Waals surface area contributed by atoms with E-state index in [0.717, 1.165) is 0 Å². The van der Waals surface area contributed by atoms with Gasteiger partial charge in [-0.25, -0.2) is 4.79 Å². The van der Waals surface area contributed by atoms with E-state index in [9.17, 15) is 34.2 Å². The highest BCUT2D eigenvalue weighted by Gasteiger charge is 2.34. The molecule has 0 aliphatic carbocycles. The third kappa shape index (κ3) is 10.1. The van der Waals surface area contributed by atoms with Crippen LogP contribution in [0.15, 0.2) is 0 Å². The van der Waals surface area contributed by atoms with Gasteiger partial charge in [-0.3, -0.25) is 19.2 Å². The van der Waals surface area contributed by atoms with E-state index in [1.807, 2.05) is 13.8 Å². The van der Waals surface area contributed by atoms with Crippen molar-refractivity contribution in [2.75, 3.05) is 0 Å². The SMILES string of the molecule is CCC(C)C(NC(=O)C(CC(=O)O)NC(=O)C(NC(=O)C(N)CC(C)C)C(C)O)C(=O)O. The molecule has 12 heteroatoms. The van der Waals surface area contributed by atoms with E-state index < -0.39 is 72.3 Å². The highest BCUT2D eigenvalue weighted by molar-refractivity contribution is 5.95. The fraction of sp³-hybridized carbons (Fsp3) is 0.750. The second-order valence-corrected chi connectivity index (χ2v) is 8.33. The zero-order valence-electron chi connectivity index (χ0n) is 19.1. The summed E-state index contributed by atoms with van der Waals surface area (Å²) < 4.78 is 0. The van der Waals surface area contributed by atoms with E-state index in [4.69, 9.17) is 10.8 Å². The van der Waals surface area contributed by atoms with Crippen molar-refractivity contribution in [1.29, 1.82) is 0 Å². The van der Waals surface area contributed by atoms with E-state index >= 15 is 0 Å². The van der Waals surface area contributed by atoms with Gasteiger partial charge in [0.15, 0.2) is 0 Å². The lowest BCUT2D eigenvalue weighted by Crippen LogP contribution is -2.60. The standard InChI is InChI=1S/C20H36N4O8/c1-6-10(4)15(20(31)32)23-18(29)13(8-14(26)27)22-19(30)16(11(5)25)24-17(28)12(21)7-9(2)3/h9-13,15-16,25H,6-8,21H2,1-5H3,(H,22,30)(H,23,29)(H,24,28)(H,26,27)(H,31,32). The Morgan fingerprint density at radius 2 is 1.38 bits per heavy atom. The van der Waals surface area contributed by atoms with Gasteiger partial charge in [0.05, 0.1) is 18.6 Å². The van der Waals surface area contributed by atoms with Crippen molar-refractivity contribution in [3.05, 3.63) is 0 Å². The Hall–Kier alpha value is -2.73. The van der Waals surface area contributed by atoms with Gasteiger partial charge in [0, 0.05) is 0 Å². The van der Waals surface area contributed by atoms with Gasteiger partial charge in [0.2, 0.25) is 17.7 Å². The molecule has 0 saturated heterocycles. The number of hydrogen-bond acceptors (Lipinski definition) is 7. The topological polar surface area (TPSA) is 208 Å². The van der Waals surface area contributed by atoms with Crippen molar-refractivity contribution >= 4 is 29.7 Å². The number of amides is 3. The van der Waals surface area contributed by atoms with Crippen LogP contribution in [-0.4, -0.2) is 75.3 Å². The Labute approximate surface area is 187 Å². The molecular weight excluding hydrogens is 424 g/mol. The monoisotopic (exact) mass is 460 g/mol. The lowest BCUT2D eigenvalue weighted by Gasteiger charge is -2.27. The fourth-order valence-electron chi connectivity index (χ4n) is 2.86. The summed E-state index contributed by atoms with van der Waals surface area (Å²) >= 11 is 0. The summed E-state index contributed by atoms with van der Waals surface area (Å²) in [6.07, 6.45) is -1.46. The minimum absolute atomic E-state index is 0.103. The van der Waals surface area contributed by atoms with Crippen LogP contribution in [-0.2, 0) is 24.0 Å². The molecular formula is C20H36N4O8. The maximum atomic E-state index is 12.7. The van der Waals surface area contributed by atoms with Crippen LogP contribution in [0, 0.1) is 11.8 Å². The third-order valence-electron chi connectivity index (χ3n) is 4.91. The molecule has 0 saturated carbocycles. The van der Waals surface area contributed by atoms with Crippen molar-refractivity contribution in [2.24, 2.45) is 17.6 Å². The number of nitrogens with one attached hydrogen (secondary N) is 3. The maximum absolute atomic E-state index is 12.7. The summed E-state index contributed by atoms with van der Waals surface area (Å²) in [7, 11) is 0. The van der Waals surface area contributed by atoms with Gasteiger partial charge in [-0.05, 0) is 25.2 Å². The van der Waals surface area contributed by atoms with Crippen LogP contribution in [0.1, 0.15) is 53.9 Å². The van der Waals surface area contributed by atoms with Gasteiger partial charge in [0.1, 0.15) is 18.1 Å². The van der Waals surface area contributed by atoms with Crippen molar-refractivity contribution in [2.45, 2.75) is 84.2 Å². The first kappa shape index (κ1) is 29.3. The summed E-state index contributed by atoms with van der Waals surface area (Å²) in [4.78, 5) is 60.1. The number of nitrogens with two attached hydrogens (primary N) is 1. The molecule has 0 aromatic rings. The molecule has 0 aromatic carbocycles. The molecule has 0 heterocycles. The number of carbonyl (C=O) groups excluding carboxylic acids is 3. The molecule has 6 atom stereocenters. The molecule has 12 nitrogen and oxygen atoms in total. The zero-order valence-corrected chi connectivity index (χ0v) is 19.1. The van der Waals surface area contributed by atoms with Crippen LogP contribution >= 0.6 is 0 Å². The van der Waals surface area contributed by atoms with Gasteiger partial charge in [0.25, 0.3) is 0 Å². The number of rotatable bonds is 14. The third-order valence-corrected chi connectivity index (χ3v) is 4.91. The second-order valence-electron chi connectivity index (χ2n) is 8.33. The highest BCUT2D eigenvalue weighted by atomic mass is 16.4. The van der Waals surface area contributed by atoms with Crippen molar-refractivity contribution in [1.82, 2.24) is 16.0 Å². The molecule has 0 aromatic heterocycles. The lowest BCUT2D eigenvalue weighted by molar-refractivity contribution is -0.145. The Morgan fingerprint density at radius 3 is 1.78 bits per heavy atom. The van der Waals surface area contributed by atoms with E-state index in [2.05, 4.69) is 16.0 Å². The first-order valence-corrected chi connectivity index (χ1v) is 10.5. The molecule has 0 aliphatic heterocycles. The molecule has 6 unspecified atom stereocenters.